The number of rotatable bonds is 4. The highest BCUT2D eigenvalue weighted by Gasteiger charge is 2.10. The van der Waals surface area contributed by atoms with Gasteiger partial charge in [0.2, 0.25) is 5.91 Å². The van der Waals surface area contributed by atoms with E-state index in [0.717, 1.165) is 22.0 Å². The fourth-order valence-electron chi connectivity index (χ4n) is 2.13. The van der Waals surface area contributed by atoms with Crippen LogP contribution in [0.1, 0.15) is 5.56 Å². The Morgan fingerprint density at radius 1 is 1.13 bits per heavy atom. The largest absolute Gasteiger partial charge is 0.302 e. The van der Waals surface area contributed by atoms with Gasteiger partial charge in [-0.15, -0.1) is 0 Å². The Labute approximate surface area is 137 Å². The predicted octanol–water partition coefficient (Wildman–Crippen LogP) is 2.88. The van der Waals surface area contributed by atoms with Gasteiger partial charge in [-0.3, -0.25) is 4.79 Å². The van der Waals surface area contributed by atoms with E-state index in [1.165, 1.54) is 23.5 Å². The fraction of sp³-hybridized carbons (Fsp3) is 0.125. The monoisotopic (exact) mass is 346 g/mol. The number of anilines is 1. The molecule has 3 rings (SSSR count). The van der Waals surface area contributed by atoms with Crippen LogP contribution in [0.4, 0.5) is 5.13 Å². The molecule has 0 bridgehead atoms. The van der Waals surface area contributed by atoms with Gasteiger partial charge < -0.3 is 5.32 Å². The molecule has 1 N–H and O–H groups in total. The van der Waals surface area contributed by atoms with E-state index in [2.05, 4.69) is 10.3 Å². The Balaban J connectivity index is 1.69. The number of nitrogens with zero attached hydrogens (tertiary/aromatic N) is 1. The zero-order valence-corrected chi connectivity index (χ0v) is 13.9. The molecule has 2 aromatic carbocycles. The zero-order chi connectivity index (χ0) is 16.4. The summed E-state index contributed by atoms with van der Waals surface area (Å²) < 4.78 is 23.8. The Bertz CT molecular complexity index is 927. The molecule has 0 aliphatic heterocycles. The minimum atomic E-state index is -3.22. The van der Waals surface area contributed by atoms with Crippen LogP contribution < -0.4 is 5.32 Å². The molecular formula is C16H14N2O3S2. The van der Waals surface area contributed by atoms with Crippen molar-refractivity contribution in [3.05, 3.63) is 54.1 Å². The van der Waals surface area contributed by atoms with Gasteiger partial charge in [0.15, 0.2) is 15.0 Å². The second-order valence-electron chi connectivity index (χ2n) is 5.13. The summed E-state index contributed by atoms with van der Waals surface area (Å²) in [5, 5.41) is 3.33. The average molecular weight is 346 g/mol. The van der Waals surface area contributed by atoms with Crippen LogP contribution in [0, 0.1) is 0 Å². The first-order valence-electron chi connectivity index (χ1n) is 6.86. The third-order valence-corrected chi connectivity index (χ3v) is 5.34. The highest BCUT2D eigenvalue weighted by molar-refractivity contribution is 7.90. The summed E-state index contributed by atoms with van der Waals surface area (Å²) in [6.45, 7) is 0. The lowest BCUT2D eigenvalue weighted by molar-refractivity contribution is -0.115. The van der Waals surface area contributed by atoms with E-state index in [0.29, 0.717) is 5.13 Å². The van der Waals surface area contributed by atoms with Crippen LogP contribution in [0.3, 0.4) is 0 Å². The molecule has 1 amide bonds. The quantitative estimate of drug-likeness (QED) is 0.788. The van der Waals surface area contributed by atoms with Gasteiger partial charge in [0.1, 0.15) is 0 Å². The van der Waals surface area contributed by atoms with Crippen LogP contribution in [0.2, 0.25) is 0 Å². The highest BCUT2D eigenvalue weighted by Crippen LogP contribution is 2.25. The van der Waals surface area contributed by atoms with Gasteiger partial charge in [-0.1, -0.05) is 35.6 Å². The number of carbonyl (C=O) groups is 1. The van der Waals surface area contributed by atoms with Gasteiger partial charge in [-0.2, -0.15) is 0 Å². The first kappa shape index (κ1) is 15.6. The van der Waals surface area contributed by atoms with Crippen LogP contribution >= 0.6 is 11.3 Å². The third kappa shape index (κ3) is 3.75. The number of amides is 1. The van der Waals surface area contributed by atoms with Crippen LogP contribution in [-0.2, 0) is 21.1 Å². The number of nitrogens with one attached hydrogen (secondary N) is 1. The summed E-state index contributed by atoms with van der Waals surface area (Å²) in [7, 11) is -3.22. The van der Waals surface area contributed by atoms with Gasteiger partial charge in [0.25, 0.3) is 0 Å². The third-order valence-electron chi connectivity index (χ3n) is 3.26. The number of benzene rings is 2. The molecule has 0 atom stereocenters. The van der Waals surface area contributed by atoms with Crippen molar-refractivity contribution in [1.29, 1.82) is 0 Å². The van der Waals surface area contributed by atoms with Crippen LogP contribution in [0.5, 0.6) is 0 Å². The van der Waals surface area contributed by atoms with E-state index in [1.807, 2.05) is 24.3 Å². The number of hydrogen-bond donors (Lipinski definition) is 1. The van der Waals surface area contributed by atoms with Crippen molar-refractivity contribution in [2.75, 3.05) is 11.6 Å². The van der Waals surface area contributed by atoms with E-state index in [4.69, 9.17) is 0 Å². The van der Waals surface area contributed by atoms with E-state index >= 15 is 0 Å². The Morgan fingerprint density at radius 3 is 2.48 bits per heavy atom. The first-order chi connectivity index (χ1) is 10.9. The molecule has 23 heavy (non-hydrogen) atoms. The average Bonchev–Trinajstić information content (AvgIpc) is 2.88. The molecule has 0 unspecified atom stereocenters. The molecular weight excluding hydrogens is 332 g/mol. The maximum atomic E-state index is 12.1. The molecule has 0 aliphatic carbocycles. The lowest BCUT2D eigenvalue weighted by atomic mass is 10.1. The molecule has 0 fully saturated rings. The highest BCUT2D eigenvalue weighted by atomic mass is 32.2. The van der Waals surface area contributed by atoms with E-state index in [-0.39, 0.29) is 17.2 Å². The van der Waals surface area contributed by atoms with Crippen molar-refractivity contribution in [1.82, 2.24) is 4.98 Å². The number of fused-ring (bicyclic) bond motifs is 1. The summed E-state index contributed by atoms with van der Waals surface area (Å²) >= 11 is 1.42. The fourth-order valence-corrected chi connectivity index (χ4v) is 3.64. The number of carbonyl (C=O) groups excluding carboxylic acids is 1. The number of para-hydroxylation sites is 1. The van der Waals surface area contributed by atoms with Crippen molar-refractivity contribution >= 4 is 42.4 Å². The first-order valence-corrected chi connectivity index (χ1v) is 9.57. The molecule has 0 saturated carbocycles. The molecule has 5 nitrogen and oxygen atoms in total. The second-order valence-corrected chi connectivity index (χ2v) is 8.17. The second kappa shape index (κ2) is 6.10. The molecule has 3 aromatic rings. The van der Waals surface area contributed by atoms with Gasteiger partial charge in [-0.25, -0.2) is 13.4 Å². The Morgan fingerprint density at radius 2 is 1.83 bits per heavy atom. The number of hydrogen-bond acceptors (Lipinski definition) is 5. The van der Waals surface area contributed by atoms with Crippen LogP contribution in [0.15, 0.2) is 53.4 Å². The molecule has 0 radical (unpaired) electrons. The topological polar surface area (TPSA) is 76.1 Å². The minimum absolute atomic E-state index is 0.167. The van der Waals surface area contributed by atoms with Crippen molar-refractivity contribution in [2.45, 2.75) is 11.3 Å². The van der Waals surface area contributed by atoms with Crippen molar-refractivity contribution in [2.24, 2.45) is 0 Å². The number of aromatic nitrogens is 1. The van der Waals surface area contributed by atoms with E-state index < -0.39 is 9.84 Å². The van der Waals surface area contributed by atoms with Gasteiger partial charge in [0, 0.05) is 6.26 Å². The normalized spacial score (nSPS) is 11.5. The van der Waals surface area contributed by atoms with Gasteiger partial charge >= 0.3 is 0 Å². The maximum Gasteiger partial charge on any atom is 0.230 e. The lowest BCUT2D eigenvalue weighted by Crippen LogP contribution is -2.14. The smallest absolute Gasteiger partial charge is 0.230 e. The van der Waals surface area contributed by atoms with Crippen molar-refractivity contribution in [3.63, 3.8) is 0 Å². The molecule has 0 spiro atoms. The molecule has 0 saturated heterocycles. The molecule has 118 valence electrons. The summed E-state index contributed by atoms with van der Waals surface area (Å²) in [4.78, 5) is 16.7. The summed E-state index contributed by atoms with van der Waals surface area (Å²) in [5.74, 6) is -0.184. The van der Waals surface area contributed by atoms with Crippen molar-refractivity contribution < 1.29 is 13.2 Å². The Kier molecular flexibility index (Phi) is 4.14. The summed E-state index contributed by atoms with van der Waals surface area (Å²) in [6.07, 6.45) is 1.32. The van der Waals surface area contributed by atoms with Crippen LogP contribution in [0.25, 0.3) is 10.2 Å². The lowest BCUT2D eigenvalue weighted by Gasteiger charge is -2.03. The predicted molar refractivity (Wildman–Crippen MR) is 91.5 cm³/mol. The summed E-state index contributed by atoms with van der Waals surface area (Å²) in [6, 6.07) is 14.0. The molecule has 7 heteroatoms. The van der Waals surface area contributed by atoms with Crippen molar-refractivity contribution in [3.8, 4) is 0 Å². The zero-order valence-electron chi connectivity index (χ0n) is 12.3. The van der Waals surface area contributed by atoms with E-state index in [1.54, 1.807) is 12.1 Å². The van der Waals surface area contributed by atoms with Crippen LogP contribution in [-0.4, -0.2) is 25.6 Å². The minimum Gasteiger partial charge on any atom is -0.302 e. The standard InChI is InChI=1S/C16H14N2O3S2/c1-23(20,21)12-8-6-11(7-9-12)10-15(19)18-16-17-13-4-2-3-5-14(13)22-16/h2-9H,10H2,1H3,(H,17,18,19). The number of sulfone groups is 1. The molecule has 0 aliphatic rings. The Hall–Kier alpha value is -2.25. The van der Waals surface area contributed by atoms with Gasteiger partial charge in [0.05, 0.1) is 21.5 Å². The molecule has 1 heterocycles. The maximum absolute atomic E-state index is 12.1. The molecule has 1 aromatic heterocycles. The summed E-state index contributed by atoms with van der Waals surface area (Å²) in [5.41, 5.74) is 1.60. The number of thiazole rings is 1. The van der Waals surface area contributed by atoms with E-state index in [9.17, 15) is 13.2 Å². The van der Waals surface area contributed by atoms with Gasteiger partial charge in [-0.05, 0) is 29.8 Å². The SMILES string of the molecule is CS(=O)(=O)c1ccc(CC(=O)Nc2nc3ccccc3s2)cc1.